The van der Waals surface area contributed by atoms with Crippen LogP contribution in [0.3, 0.4) is 0 Å². The largest absolute Gasteiger partial charge is 0.0928 e. The monoisotopic (exact) mass is 414 g/mol. The zero-order valence-electron chi connectivity index (χ0n) is 15.6. The molecule has 124 valence electrons. The Morgan fingerprint density at radius 1 is 1.05 bits per heavy atom. The molecule has 20 heavy (non-hydrogen) atoms. The summed E-state index contributed by atoms with van der Waals surface area (Å²) in [5.41, 5.74) is 1.22. The highest BCUT2D eigenvalue weighted by molar-refractivity contribution is 14.2. The lowest BCUT2D eigenvalue weighted by atomic mass is 9.55. The van der Waals surface area contributed by atoms with Crippen LogP contribution in [0.25, 0.3) is 0 Å². The van der Waals surface area contributed by atoms with Crippen molar-refractivity contribution in [2.24, 2.45) is 28.6 Å². The number of halogens is 1. The van der Waals surface area contributed by atoms with E-state index in [1.54, 1.807) is 8.93 Å². The minimum Gasteiger partial charge on any atom is -0.0928 e. The molecule has 2 bridgehead atoms. The second kappa shape index (κ2) is 10.7. The minimum absolute atomic E-state index is 0.587. The second-order valence-electron chi connectivity index (χ2n) is 6.40. The van der Waals surface area contributed by atoms with Gasteiger partial charge in [0, 0.05) is 0 Å². The van der Waals surface area contributed by atoms with E-state index in [1.165, 1.54) is 19.3 Å². The Labute approximate surface area is 146 Å². The minimum atomic E-state index is 0.587. The Balaban J connectivity index is 0. The average Bonchev–Trinajstić information content (AvgIpc) is 2.93. The van der Waals surface area contributed by atoms with Crippen molar-refractivity contribution in [3.63, 3.8) is 0 Å². The molecule has 0 heterocycles. The fourth-order valence-corrected chi connectivity index (χ4v) is 4.47. The Morgan fingerprint density at radius 2 is 1.45 bits per heavy atom. The number of hydrogen-bond acceptors (Lipinski definition) is 1. The first-order valence-electron chi connectivity index (χ1n) is 8.49. The average molecular weight is 414 g/mol. The van der Waals surface area contributed by atoms with Crippen LogP contribution in [0.1, 0.15) is 81.6 Å². The Bertz CT molecular complexity index is 240. The van der Waals surface area contributed by atoms with Crippen molar-refractivity contribution < 1.29 is 0 Å². The smallest absolute Gasteiger partial charge is 0.00450 e. The summed E-state index contributed by atoms with van der Waals surface area (Å²) in [6.07, 6.45) is 6.41. The summed E-state index contributed by atoms with van der Waals surface area (Å²) in [4.78, 5) is 0. The Hall–Kier alpha value is 1.08. The summed E-state index contributed by atoms with van der Waals surface area (Å²) in [5, 5.41) is 0. The van der Waals surface area contributed by atoms with Crippen LogP contribution in [0, 0.1) is 28.6 Å². The predicted molar refractivity (Wildman–Crippen MR) is 108 cm³/mol. The molecule has 0 aromatic carbocycles. The van der Waals surface area contributed by atoms with Gasteiger partial charge >= 0.3 is 0 Å². The molecule has 2 saturated carbocycles. The van der Waals surface area contributed by atoms with Crippen molar-refractivity contribution >= 4 is 30.1 Å². The van der Waals surface area contributed by atoms with Crippen molar-refractivity contribution in [2.45, 2.75) is 81.6 Å². The van der Waals surface area contributed by atoms with Gasteiger partial charge in [-0.3, -0.25) is 0 Å². The lowest BCUT2D eigenvalue weighted by Gasteiger charge is -2.49. The van der Waals surface area contributed by atoms with Crippen LogP contribution in [0.15, 0.2) is 0 Å². The first-order valence-corrected chi connectivity index (χ1v) is 12.3. The molecule has 2 rings (SSSR count). The normalized spacial score (nSPS) is 35.9. The summed E-state index contributed by atoms with van der Waals surface area (Å²) < 4.78 is 0. The third-order valence-electron chi connectivity index (χ3n) is 5.92. The topological polar surface area (TPSA) is 0 Å². The molecule has 0 radical (unpaired) electrons. The maximum Gasteiger partial charge on any atom is -0.00450 e. The van der Waals surface area contributed by atoms with Gasteiger partial charge in [-0.25, -0.2) is 0 Å². The standard InChI is InChI=1S/C13H24.2C2H6.CH3IS/c1-6-13(5)10-7-9(2)11(8-10)12(13,3)4;2*1-2;1-3-2/h9-11H,6-8H2,1-5H3;2*1-2H3;1H3. The molecule has 0 nitrogen and oxygen atoms in total. The van der Waals surface area contributed by atoms with Gasteiger partial charge in [0.25, 0.3) is 0 Å². The van der Waals surface area contributed by atoms with Crippen molar-refractivity contribution in [2.75, 3.05) is 6.26 Å². The van der Waals surface area contributed by atoms with Crippen molar-refractivity contribution in [3.8, 4) is 0 Å². The van der Waals surface area contributed by atoms with Gasteiger partial charge in [-0.15, -0.1) is 0 Å². The maximum atomic E-state index is 2.53. The maximum absolute atomic E-state index is 2.53. The number of fused-ring (bicyclic) bond motifs is 2. The molecule has 4 atom stereocenters. The van der Waals surface area contributed by atoms with Gasteiger partial charge in [0.2, 0.25) is 0 Å². The Kier molecular flexibility index (Phi) is 12.5. The van der Waals surface area contributed by atoms with Gasteiger partial charge in [0.15, 0.2) is 0 Å². The highest BCUT2D eigenvalue weighted by atomic mass is 127. The fourth-order valence-electron chi connectivity index (χ4n) is 4.47. The van der Waals surface area contributed by atoms with E-state index >= 15 is 0 Å². The molecule has 0 amide bonds. The van der Waals surface area contributed by atoms with Gasteiger partial charge in [-0.05, 0) is 75.3 Å². The van der Waals surface area contributed by atoms with Crippen LogP contribution >= 0.6 is 30.1 Å². The lowest BCUT2D eigenvalue weighted by Crippen LogP contribution is -2.42. The van der Waals surface area contributed by atoms with Crippen LogP contribution < -0.4 is 0 Å². The quantitative estimate of drug-likeness (QED) is 0.394. The summed E-state index contributed by atoms with van der Waals surface area (Å²) in [5.74, 6) is 3.01. The van der Waals surface area contributed by atoms with E-state index in [9.17, 15) is 0 Å². The zero-order valence-corrected chi connectivity index (χ0v) is 18.6. The molecule has 0 saturated heterocycles. The first-order chi connectivity index (χ1) is 9.35. The number of hydrogen-bond donors (Lipinski definition) is 0. The first kappa shape index (κ1) is 23.3. The highest BCUT2D eigenvalue weighted by Gasteiger charge is 2.61. The molecule has 0 aromatic heterocycles. The van der Waals surface area contributed by atoms with Gasteiger partial charge in [0.05, 0.1) is 0 Å². The molecule has 0 aliphatic heterocycles. The zero-order chi connectivity index (χ0) is 16.6. The predicted octanol–water partition coefficient (Wildman–Crippen LogP) is 7.86. The van der Waals surface area contributed by atoms with Crippen molar-refractivity contribution in [1.29, 1.82) is 0 Å². The van der Waals surface area contributed by atoms with Crippen LogP contribution in [0.5, 0.6) is 0 Å². The molecular weight excluding hydrogens is 375 g/mol. The molecule has 2 aliphatic rings. The summed E-state index contributed by atoms with van der Waals surface area (Å²) in [7, 11) is 1.72. The third-order valence-corrected chi connectivity index (χ3v) is 5.92. The summed E-state index contributed by atoms with van der Waals surface area (Å²) in [6.45, 7) is 20.4. The van der Waals surface area contributed by atoms with Gasteiger partial charge in [-0.2, -0.15) is 0 Å². The second-order valence-corrected chi connectivity index (χ2v) is 9.35. The van der Waals surface area contributed by atoms with E-state index in [0.29, 0.717) is 10.8 Å². The van der Waals surface area contributed by atoms with E-state index in [2.05, 4.69) is 55.8 Å². The summed E-state index contributed by atoms with van der Waals surface area (Å²) >= 11 is 2.20. The molecule has 0 aromatic rings. The molecule has 0 N–H and O–H groups in total. The SMILES string of the molecule is CC.CC.CCC1(C)C2CC(C)C(C2)C1(C)C.CSI. The lowest BCUT2D eigenvalue weighted by molar-refractivity contribution is -0.00702. The van der Waals surface area contributed by atoms with Gasteiger partial charge in [0.1, 0.15) is 0 Å². The summed E-state index contributed by atoms with van der Waals surface area (Å²) in [6, 6.07) is 0. The van der Waals surface area contributed by atoms with Crippen LogP contribution in [-0.4, -0.2) is 6.26 Å². The third kappa shape index (κ3) is 4.54. The van der Waals surface area contributed by atoms with Crippen LogP contribution in [0.4, 0.5) is 0 Å². The molecular formula is C18H39IS. The fraction of sp³-hybridized carbons (Fsp3) is 1.00. The number of rotatable bonds is 1. The van der Waals surface area contributed by atoms with Crippen molar-refractivity contribution in [1.82, 2.24) is 0 Å². The van der Waals surface area contributed by atoms with Gasteiger partial charge in [-0.1, -0.05) is 71.2 Å². The molecule has 4 unspecified atom stereocenters. The van der Waals surface area contributed by atoms with E-state index in [-0.39, 0.29) is 0 Å². The van der Waals surface area contributed by atoms with Crippen LogP contribution in [0.2, 0.25) is 0 Å². The van der Waals surface area contributed by atoms with E-state index in [1.807, 2.05) is 34.0 Å². The molecule has 2 fully saturated rings. The van der Waals surface area contributed by atoms with E-state index < -0.39 is 0 Å². The Morgan fingerprint density at radius 3 is 1.70 bits per heavy atom. The van der Waals surface area contributed by atoms with Crippen LogP contribution in [-0.2, 0) is 0 Å². The highest BCUT2D eigenvalue weighted by Crippen LogP contribution is 2.68. The molecule has 2 heteroatoms. The van der Waals surface area contributed by atoms with E-state index in [0.717, 1.165) is 17.8 Å². The van der Waals surface area contributed by atoms with E-state index in [4.69, 9.17) is 0 Å². The molecule has 0 spiro atoms. The van der Waals surface area contributed by atoms with Gasteiger partial charge < -0.3 is 0 Å². The van der Waals surface area contributed by atoms with Crippen molar-refractivity contribution in [3.05, 3.63) is 0 Å². The molecule has 2 aliphatic carbocycles.